The predicted molar refractivity (Wildman–Crippen MR) is 58.6 cm³/mol. The average molecular weight is 231 g/mol. The third-order valence-electron chi connectivity index (χ3n) is 1.90. The van der Waals surface area contributed by atoms with Crippen LogP contribution in [0.1, 0.15) is 6.42 Å². The van der Waals surface area contributed by atoms with E-state index >= 15 is 0 Å². The van der Waals surface area contributed by atoms with Gasteiger partial charge in [-0.2, -0.15) is 0 Å². The zero-order valence-corrected chi connectivity index (χ0v) is 9.35. The van der Waals surface area contributed by atoms with Gasteiger partial charge in [-0.15, -0.1) is 0 Å². The van der Waals surface area contributed by atoms with Gasteiger partial charge in [0.2, 0.25) is 0 Å². The molecule has 0 heterocycles. The Morgan fingerprint density at radius 1 is 1.53 bits per heavy atom. The van der Waals surface area contributed by atoms with E-state index in [1.165, 1.54) is 18.2 Å². The molecule has 0 saturated heterocycles. The van der Waals surface area contributed by atoms with E-state index in [4.69, 9.17) is 10.5 Å². The first-order valence-electron chi connectivity index (χ1n) is 4.57. The maximum Gasteiger partial charge on any atom is 0.124 e. The molecule has 0 fully saturated rings. The Bertz CT molecular complexity index is 357. The minimum Gasteiger partial charge on any atom is -0.398 e. The molecule has 1 unspecified atom stereocenters. The average Bonchev–Trinajstić information content (AvgIpc) is 2.22. The molecule has 1 rings (SSSR count). The van der Waals surface area contributed by atoms with E-state index in [9.17, 15) is 8.60 Å². The van der Waals surface area contributed by atoms with Crippen LogP contribution in [0.15, 0.2) is 23.1 Å². The fraction of sp³-hybridized carbons (Fsp3) is 0.400. The zero-order valence-electron chi connectivity index (χ0n) is 8.53. The van der Waals surface area contributed by atoms with Crippen LogP contribution in [0.3, 0.4) is 0 Å². The summed E-state index contributed by atoms with van der Waals surface area (Å²) in [5.74, 6) is 0.0147. The summed E-state index contributed by atoms with van der Waals surface area (Å²) in [4.78, 5) is 0.367. The molecule has 0 spiro atoms. The molecule has 0 aliphatic carbocycles. The normalized spacial score (nSPS) is 12.7. The summed E-state index contributed by atoms with van der Waals surface area (Å²) in [6.07, 6.45) is 0.666. The summed E-state index contributed by atoms with van der Waals surface area (Å²) in [6.45, 7) is 0.543. The molecule has 15 heavy (non-hydrogen) atoms. The number of nitrogens with two attached hydrogens (primary N) is 1. The van der Waals surface area contributed by atoms with Crippen LogP contribution in [-0.4, -0.2) is 23.7 Å². The van der Waals surface area contributed by atoms with Crippen LogP contribution in [0.2, 0.25) is 0 Å². The van der Waals surface area contributed by atoms with Crippen molar-refractivity contribution < 1.29 is 13.3 Å². The number of nitrogen functional groups attached to an aromatic ring is 1. The number of methoxy groups -OCH3 is 1. The SMILES string of the molecule is COCCCS(=O)c1cc(F)ccc1N. The van der Waals surface area contributed by atoms with Gasteiger partial charge in [0.15, 0.2) is 0 Å². The molecule has 84 valence electrons. The van der Waals surface area contributed by atoms with Gasteiger partial charge in [-0.1, -0.05) is 0 Å². The van der Waals surface area contributed by atoms with Crippen molar-refractivity contribution in [2.24, 2.45) is 0 Å². The number of hydrogen-bond acceptors (Lipinski definition) is 3. The highest BCUT2D eigenvalue weighted by atomic mass is 32.2. The van der Waals surface area contributed by atoms with Crippen molar-refractivity contribution in [2.75, 3.05) is 25.2 Å². The molecule has 2 N–H and O–H groups in total. The Labute approximate surface area is 90.9 Å². The minimum absolute atomic E-state index is 0.367. The molecule has 0 amide bonds. The lowest BCUT2D eigenvalue weighted by atomic mass is 10.3. The van der Waals surface area contributed by atoms with Gasteiger partial charge in [-0.3, -0.25) is 4.21 Å². The van der Waals surface area contributed by atoms with Gasteiger partial charge in [0.05, 0.1) is 15.7 Å². The lowest BCUT2D eigenvalue weighted by Gasteiger charge is -2.05. The van der Waals surface area contributed by atoms with Crippen molar-refractivity contribution in [1.82, 2.24) is 0 Å². The second kappa shape index (κ2) is 5.82. The Morgan fingerprint density at radius 3 is 2.93 bits per heavy atom. The van der Waals surface area contributed by atoms with Crippen LogP contribution in [0.5, 0.6) is 0 Å². The van der Waals surface area contributed by atoms with Crippen molar-refractivity contribution in [3.05, 3.63) is 24.0 Å². The topological polar surface area (TPSA) is 52.3 Å². The molecule has 0 aromatic heterocycles. The first-order chi connectivity index (χ1) is 7.15. The van der Waals surface area contributed by atoms with Crippen LogP contribution in [0, 0.1) is 5.82 Å². The first-order valence-corrected chi connectivity index (χ1v) is 5.89. The molecule has 0 saturated carbocycles. The molecule has 0 aliphatic rings. The highest BCUT2D eigenvalue weighted by Gasteiger charge is 2.08. The molecule has 1 aromatic carbocycles. The van der Waals surface area contributed by atoms with Crippen LogP contribution < -0.4 is 5.73 Å². The van der Waals surface area contributed by atoms with Crippen molar-refractivity contribution in [3.63, 3.8) is 0 Å². The minimum atomic E-state index is -1.25. The summed E-state index contributed by atoms with van der Waals surface area (Å²) in [5.41, 5.74) is 5.97. The molecule has 0 radical (unpaired) electrons. The Morgan fingerprint density at radius 2 is 2.27 bits per heavy atom. The molecule has 0 bridgehead atoms. The number of hydrogen-bond donors (Lipinski definition) is 1. The Balaban J connectivity index is 2.68. The van der Waals surface area contributed by atoms with Gasteiger partial charge in [-0.25, -0.2) is 4.39 Å². The van der Waals surface area contributed by atoms with Crippen LogP contribution >= 0.6 is 0 Å². The summed E-state index contributed by atoms with van der Waals surface area (Å²) in [5, 5.41) is 0. The van der Waals surface area contributed by atoms with Crippen LogP contribution in [0.4, 0.5) is 10.1 Å². The van der Waals surface area contributed by atoms with E-state index in [0.29, 0.717) is 29.4 Å². The molecular weight excluding hydrogens is 217 g/mol. The largest absolute Gasteiger partial charge is 0.398 e. The van der Waals surface area contributed by atoms with E-state index < -0.39 is 16.6 Å². The maximum absolute atomic E-state index is 12.9. The Hall–Kier alpha value is -0.940. The van der Waals surface area contributed by atoms with E-state index in [1.807, 2.05) is 0 Å². The molecule has 1 atom stereocenters. The molecule has 3 nitrogen and oxygen atoms in total. The van der Waals surface area contributed by atoms with Gasteiger partial charge in [0.25, 0.3) is 0 Å². The summed E-state index contributed by atoms with van der Waals surface area (Å²) < 4.78 is 29.4. The van der Waals surface area contributed by atoms with E-state index in [-0.39, 0.29) is 0 Å². The van der Waals surface area contributed by atoms with Gasteiger partial charge in [0, 0.05) is 25.2 Å². The van der Waals surface area contributed by atoms with Crippen molar-refractivity contribution in [1.29, 1.82) is 0 Å². The van der Waals surface area contributed by atoms with Crippen molar-refractivity contribution in [2.45, 2.75) is 11.3 Å². The van der Waals surface area contributed by atoms with Gasteiger partial charge < -0.3 is 10.5 Å². The number of rotatable bonds is 5. The summed E-state index contributed by atoms with van der Waals surface area (Å²) in [7, 11) is 0.331. The summed E-state index contributed by atoms with van der Waals surface area (Å²) in [6, 6.07) is 3.91. The van der Waals surface area contributed by atoms with E-state index in [1.54, 1.807) is 7.11 Å². The fourth-order valence-electron chi connectivity index (χ4n) is 1.15. The number of anilines is 1. The molecule has 1 aromatic rings. The second-order valence-corrected chi connectivity index (χ2v) is 4.62. The smallest absolute Gasteiger partial charge is 0.124 e. The van der Waals surface area contributed by atoms with Crippen molar-refractivity contribution >= 4 is 16.5 Å². The number of halogens is 1. The fourth-order valence-corrected chi connectivity index (χ4v) is 2.32. The monoisotopic (exact) mass is 231 g/mol. The quantitative estimate of drug-likeness (QED) is 0.618. The highest BCUT2D eigenvalue weighted by molar-refractivity contribution is 7.85. The lowest BCUT2D eigenvalue weighted by molar-refractivity contribution is 0.200. The molecule has 0 aliphatic heterocycles. The van der Waals surface area contributed by atoms with Gasteiger partial charge >= 0.3 is 0 Å². The lowest BCUT2D eigenvalue weighted by Crippen LogP contribution is -2.04. The first kappa shape index (κ1) is 12.1. The van der Waals surface area contributed by atoms with Crippen LogP contribution in [-0.2, 0) is 15.5 Å². The zero-order chi connectivity index (χ0) is 11.3. The van der Waals surface area contributed by atoms with Gasteiger partial charge in [-0.05, 0) is 24.6 Å². The van der Waals surface area contributed by atoms with Gasteiger partial charge in [0.1, 0.15) is 5.82 Å². The van der Waals surface area contributed by atoms with Crippen molar-refractivity contribution in [3.8, 4) is 0 Å². The van der Waals surface area contributed by atoms with Crippen LogP contribution in [0.25, 0.3) is 0 Å². The predicted octanol–water partition coefficient (Wildman–Crippen LogP) is 1.55. The maximum atomic E-state index is 12.9. The highest BCUT2D eigenvalue weighted by Crippen LogP contribution is 2.18. The third-order valence-corrected chi connectivity index (χ3v) is 3.40. The summed E-state index contributed by atoms with van der Waals surface area (Å²) >= 11 is 0. The number of benzene rings is 1. The molecular formula is C10H14FNO2S. The number of ether oxygens (including phenoxy) is 1. The van der Waals surface area contributed by atoms with E-state index in [2.05, 4.69) is 0 Å². The Kier molecular flexibility index (Phi) is 4.71. The second-order valence-electron chi connectivity index (χ2n) is 3.08. The third kappa shape index (κ3) is 3.60. The van der Waals surface area contributed by atoms with E-state index in [0.717, 1.165) is 0 Å². The standard InChI is InChI=1S/C10H14FNO2S/c1-14-5-2-6-15(13)10-7-8(11)3-4-9(10)12/h3-4,7H,2,5-6,12H2,1H3. The molecule has 5 heteroatoms.